The minimum Gasteiger partial charge on any atom is -0.497 e. The minimum atomic E-state index is -0.342. The number of hydrogen-bond acceptors (Lipinski definition) is 8. The third-order valence-corrected chi connectivity index (χ3v) is 4.62. The Labute approximate surface area is 187 Å². The van der Waals surface area contributed by atoms with Crippen LogP contribution in [0.1, 0.15) is 39.6 Å². The summed E-state index contributed by atoms with van der Waals surface area (Å²) >= 11 is 0. The zero-order valence-corrected chi connectivity index (χ0v) is 19.0. The number of nitrogens with one attached hydrogen (secondary N) is 1. The predicted octanol–water partition coefficient (Wildman–Crippen LogP) is 2.14. The fourth-order valence-corrected chi connectivity index (χ4v) is 2.96. The van der Waals surface area contributed by atoms with Crippen LogP contribution in [0.2, 0.25) is 0 Å². The molecule has 10 nitrogen and oxygen atoms in total. The quantitative estimate of drug-likeness (QED) is 0.437. The molecule has 10 heteroatoms. The van der Waals surface area contributed by atoms with E-state index in [1.54, 1.807) is 44.4 Å². The molecule has 1 aromatic carbocycles. The second-order valence-corrected chi connectivity index (χ2v) is 6.87. The number of nitrogens with zero attached hydrogens (tertiary/aromatic N) is 2. The SMILES string of the molecule is COCCCNC(=O)c1coc(CN(CCCOC)C(=O)c2ccc(OC)cc2OC)n1. The van der Waals surface area contributed by atoms with Crippen LogP contribution >= 0.6 is 0 Å². The third kappa shape index (κ3) is 7.24. The van der Waals surface area contributed by atoms with Gasteiger partial charge in [-0.2, -0.15) is 0 Å². The fourth-order valence-electron chi connectivity index (χ4n) is 2.96. The summed E-state index contributed by atoms with van der Waals surface area (Å²) < 4.78 is 26.1. The molecule has 0 aliphatic carbocycles. The van der Waals surface area contributed by atoms with Crippen molar-refractivity contribution >= 4 is 11.8 Å². The van der Waals surface area contributed by atoms with Gasteiger partial charge in [-0.3, -0.25) is 9.59 Å². The average molecular weight is 450 g/mol. The molecule has 176 valence electrons. The number of aromatic nitrogens is 1. The normalized spacial score (nSPS) is 10.6. The minimum absolute atomic E-state index is 0.0920. The Kier molecular flexibility index (Phi) is 10.5. The van der Waals surface area contributed by atoms with Crippen molar-refractivity contribution in [3.63, 3.8) is 0 Å². The van der Waals surface area contributed by atoms with Gasteiger partial charge in [-0.15, -0.1) is 0 Å². The molecule has 0 unspecified atom stereocenters. The molecule has 0 fully saturated rings. The standard InChI is InChI=1S/C22H31N3O7/c1-28-11-5-9-23-21(26)18-15-32-20(24-18)14-25(10-6-12-29-2)22(27)17-8-7-16(30-3)13-19(17)31-4/h7-8,13,15H,5-6,9-12,14H2,1-4H3,(H,23,26). The summed E-state index contributed by atoms with van der Waals surface area (Å²) in [5, 5.41) is 2.75. The van der Waals surface area contributed by atoms with Crippen molar-refractivity contribution < 1.29 is 33.0 Å². The number of ether oxygens (including phenoxy) is 4. The molecule has 2 aromatic rings. The van der Waals surface area contributed by atoms with Crippen LogP contribution in [0.25, 0.3) is 0 Å². The highest BCUT2D eigenvalue weighted by Crippen LogP contribution is 2.26. The van der Waals surface area contributed by atoms with Gasteiger partial charge in [-0.1, -0.05) is 0 Å². The van der Waals surface area contributed by atoms with Crippen molar-refractivity contribution in [2.45, 2.75) is 19.4 Å². The zero-order chi connectivity index (χ0) is 23.3. The molecule has 0 radical (unpaired) electrons. The van der Waals surface area contributed by atoms with Crippen LogP contribution in [0.4, 0.5) is 0 Å². The smallest absolute Gasteiger partial charge is 0.273 e. The highest BCUT2D eigenvalue weighted by molar-refractivity contribution is 5.97. The number of oxazole rings is 1. The lowest BCUT2D eigenvalue weighted by molar-refractivity contribution is 0.0704. The maximum Gasteiger partial charge on any atom is 0.273 e. The number of methoxy groups -OCH3 is 4. The van der Waals surface area contributed by atoms with E-state index in [-0.39, 0.29) is 29.9 Å². The van der Waals surface area contributed by atoms with E-state index >= 15 is 0 Å². The van der Waals surface area contributed by atoms with Gasteiger partial charge in [0.25, 0.3) is 11.8 Å². The number of hydrogen-bond donors (Lipinski definition) is 1. The van der Waals surface area contributed by atoms with Gasteiger partial charge in [0.15, 0.2) is 5.69 Å². The molecule has 1 heterocycles. The average Bonchev–Trinajstić information content (AvgIpc) is 3.29. The molecule has 1 N–H and O–H groups in total. The van der Waals surface area contributed by atoms with Crippen molar-refractivity contribution in [1.29, 1.82) is 0 Å². The summed E-state index contributed by atoms with van der Waals surface area (Å²) in [4.78, 5) is 31.3. The highest BCUT2D eigenvalue weighted by atomic mass is 16.5. The third-order valence-electron chi connectivity index (χ3n) is 4.62. The lowest BCUT2D eigenvalue weighted by Gasteiger charge is -2.22. The summed E-state index contributed by atoms with van der Waals surface area (Å²) in [5.74, 6) is 0.632. The number of carbonyl (C=O) groups is 2. The molecule has 2 amide bonds. The summed E-state index contributed by atoms with van der Waals surface area (Å²) in [6.07, 6.45) is 2.60. The first-order valence-electron chi connectivity index (χ1n) is 10.3. The number of benzene rings is 1. The second kappa shape index (κ2) is 13.3. The van der Waals surface area contributed by atoms with Gasteiger partial charge in [-0.25, -0.2) is 4.98 Å². The van der Waals surface area contributed by atoms with Crippen LogP contribution in [0.5, 0.6) is 11.5 Å². The molecule has 0 aliphatic rings. The zero-order valence-electron chi connectivity index (χ0n) is 19.0. The van der Waals surface area contributed by atoms with Gasteiger partial charge in [0, 0.05) is 46.6 Å². The van der Waals surface area contributed by atoms with Crippen LogP contribution in [0.3, 0.4) is 0 Å². The monoisotopic (exact) mass is 449 g/mol. The Balaban J connectivity index is 2.13. The lowest BCUT2D eigenvalue weighted by Crippen LogP contribution is -2.32. The van der Waals surface area contributed by atoms with Gasteiger partial charge < -0.3 is 33.6 Å². The summed E-state index contributed by atoms with van der Waals surface area (Å²) in [7, 11) is 6.24. The number of carbonyl (C=O) groups excluding carboxylic acids is 2. The molecule has 0 aliphatic heterocycles. The van der Waals surface area contributed by atoms with Crippen molar-refractivity contribution in [2.24, 2.45) is 0 Å². The van der Waals surface area contributed by atoms with E-state index in [2.05, 4.69) is 10.3 Å². The van der Waals surface area contributed by atoms with Gasteiger partial charge >= 0.3 is 0 Å². The van der Waals surface area contributed by atoms with E-state index in [1.807, 2.05) is 0 Å². The van der Waals surface area contributed by atoms with Gasteiger partial charge in [0.05, 0.1) is 26.3 Å². The van der Waals surface area contributed by atoms with Crippen molar-refractivity contribution in [3.05, 3.63) is 41.6 Å². The summed E-state index contributed by atoms with van der Waals surface area (Å²) in [6, 6.07) is 5.00. The maximum atomic E-state index is 13.3. The number of rotatable bonds is 14. The van der Waals surface area contributed by atoms with E-state index in [4.69, 9.17) is 23.4 Å². The van der Waals surface area contributed by atoms with Crippen molar-refractivity contribution in [2.75, 3.05) is 54.7 Å². The Bertz CT molecular complexity index is 869. The predicted molar refractivity (Wildman–Crippen MR) is 116 cm³/mol. The molecule has 0 bridgehead atoms. The number of amides is 2. The first kappa shape index (κ1) is 25.2. The lowest BCUT2D eigenvalue weighted by atomic mass is 10.1. The van der Waals surface area contributed by atoms with Gasteiger partial charge in [-0.05, 0) is 25.0 Å². The molecule has 2 rings (SSSR count). The first-order valence-corrected chi connectivity index (χ1v) is 10.3. The Morgan fingerprint density at radius 1 is 1.06 bits per heavy atom. The molecular weight excluding hydrogens is 418 g/mol. The molecule has 0 saturated carbocycles. The molecule has 0 saturated heterocycles. The van der Waals surface area contributed by atoms with Crippen LogP contribution in [-0.2, 0) is 16.0 Å². The van der Waals surface area contributed by atoms with E-state index in [0.29, 0.717) is 56.2 Å². The summed E-state index contributed by atoms with van der Waals surface area (Å²) in [5.41, 5.74) is 0.539. The Morgan fingerprint density at radius 2 is 1.81 bits per heavy atom. The van der Waals surface area contributed by atoms with Crippen molar-refractivity contribution in [3.8, 4) is 11.5 Å². The first-order chi connectivity index (χ1) is 15.5. The van der Waals surface area contributed by atoms with Crippen LogP contribution in [0, 0.1) is 0 Å². The second-order valence-electron chi connectivity index (χ2n) is 6.87. The molecule has 0 spiro atoms. The molecule has 1 aromatic heterocycles. The Hall–Kier alpha value is -3.11. The topological polar surface area (TPSA) is 112 Å². The van der Waals surface area contributed by atoms with E-state index in [9.17, 15) is 9.59 Å². The molecule has 0 atom stereocenters. The van der Waals surface area contributed by atoms with Crippen molar-refractivity contribution in [1.82, 2.24) is 15.2 Å². The van der Waals surface area contributed by atoms with E-state index in [0.717, 1.165) is 0 Å². The van der Waals surface area contributed by atoms with Gasteiger partial charge in [0.1, 0.15) is 17.8 Å². The largest absolute Gasteiger partial charge is 0.497 e. The summed E-state index contributed by atoms with van der Waals surface area (Å²) in [6.45, 7) is 2.01. The highest BCUT2D eigenvalue weighted by Gasteiger charge is 2.23. The van der Waals surface area contributed by atoms with Crippen LogP contribution in [0.15, 0.2) is 28.9 Å². The van der Waals surface area contributed by atoms with Crippen LogP contribution < -0.4 is 14.8 Å². The van der Waals surface area contributed by atoms with E-state index < -0.39 is 0 Å². The molecule has 32 heavy (non-hydrogen) atoms. The fraction of sp³-hybridized carbons (Fsp3) is 0.500. The van der Waals surface area contributed by atoms with E-state index in [1.165, 1.54) is 13.4 Å². The van der Waals surface area contributed by atoms with Crippen LogP contribution in [-0.4, -0.2) is 76.4 Å². The molecular formula is C22H31N3O7. The Morgan fingerprint density at radius 3 is 2.50 bits per heavy atom. The van der Waals surface area contributed by atoms with Gasteiger partial charge in [0.2, 0.25) is 5.89 Å². The maximum absolute atomic E-state index is 13.3.